The molecule has 2 aliphatic heterocycles. The van der Waals surface area contributed by atoms with Gasteiger partial charge in [0.2, 0.25) is 0 Å². The second-order valence-corrected chi connectivity index (χ2v) is 5.30. The molecule has 0 fully saturated rings. The molecule has 2 heterocycles. The van der Waals surface area contributed by atoms with E-state index < -0.39 is 11.9 Å². The van der Waals surface area contributed by atoms with Gasteiger partial charge in [0.05, 0.1) is 0 Å². The van der Waals surface area contributed by atoms with Gasteiger partial charge in [0, 0.05) is 30.8 Å². The Hall–Kier alpha value is -2.45. The fourth-order valence-corrected chi connectivity index (χ4v) is 2.88. The van der Waals surface area contributed by atoms with Crippen LogP contribution in [0.25, 0.3) is 4.85 Å². The van der Waals surface area contributed by atoms with Crippen LogP contribution in [-0.2, 0) is 16.1 Å². The van der Waals surface area contributed by atoms with Crippen molar-refractivity contribution >= 4 is 11.8 Å². The molecule has 1 unspecified atom stereocenters. The summed E-state index contributed by atoms with van der Waals surface area (Å²) in [5.74, 6) is -0.821. The number of rotatable bonds is 2. The van der Waals surface area contributed by atoms with E-state index in [2.05, 4.69) is 27.2 Å². The number of benzene rings is 1. The summed E-state index contributed by atoms with van der Waals surface area (Å²) in [6, 6.07) is 9.24. The average molecular weight is 281 g/mol. The number of hydrogen-bond donors (Lipinski definition) is 1. The molecule has 106 valence electrons. The second kappa shape index (κ2) is 5.51. The van der Waals surface area contributed by atoms with Crippen molar-refractivity contribution in [1.29, 1.82) is 0 Å². The van der Waals surface area contributed by atoms with E-state index in [9.17, 15) is 9.59 Å². The quantitative estimate of drug-likeness (QED) is 0.653. The highest BCUT2D eigenvalue weighted by atomic mass is 16.2. The Morgan fingerprint density at radius 3 is 2.76 bits per heavy atom. The SMILES string of the molecule is [C-]#[N+]C1C(=O)NC(=O)C2=C1CCN(Cc1ccccc1)C2. The van der Waals surface area contributed by atoms with E-state index in [1.54, 1.807) is 0 Å². The van der Waals surface area contributed by atoms with Gasteiger partial charge in [-0.15, -0.1) is 0 Å². The monoisotopic (exact) mass is 281 g/mol. The smallest absolute Gasteiger partial charge is 0.298 e. The molecule has 0 saturated heterocycles. The van der Waals surface area contributed by atoms with Crippen LogP contribution < -0.4 is 5.32 Å². The van der Waals surface area contributed by atoms with Crippen LogP contribution >= 0.6 is 0 Å². The van der Waals surface area contributed by atoms with Crippen molar-refractivity contribution in [3.63, 3.8) is 0 Å². The average Bonchev–Trinajstić information content (AvgIpc) is 2.49. The van der Waals surface area contributed by atoms with Crippen LogP contribution in [0.2, 0.25) is 0 Å². The maximum absolute atomic E-state index is 12.0. The molecule has 5 nitrogen and oxygen atoms in total. The minimum Gasteiger partial charge on any atom is -0.298 e. The van der Waals surface area contributed by atoms with Crippen molar-refractivity contribution in [3.8, 4) is 0 Å². The summed E-state index contributed by atoms with van der Waals surface area (Å²) in [4.78, 5) is 29.2. The first kappa shape index (κ1) is 13.5. The lowest BCUT2D eigenvalue weighted by molar-refractivity contribution is -0.129. The first-order valence-electron chi connectivity index (χ1n) is 6.89. The van der Waals surface area contributed by atoms with Gasteiger partial charge in [0.1, 0.15) is 0 Å². The highest BCUT2D eigenvalue weighted by Crippen LogP contribution is 2.27. The number of amides is 2. The predicted molar refractivity (Wildman–Crippen MR) is 76.9 cm³/mol. The van der Waals surface area contributed by atoms with Crippen LogP contribution in [0.3, 0.4) is 0 Å². The van der Waals surface area contributed by atoms with Crippen molar-refractivity contribution in [2.45, 2.75) is 19.0 Å². The molecule has 5 heteroatoms. The summed E-state index contributed by atoms with van der Waals surface area (Å²) in [7, 11) is 0. The summed E-state index contributed by atoms with van der Waals surface area (Å²) >= 11 is 0. The Bertz CT molecular complexity index is 658. The molecule has 1 aromatic carbocycles. The van der Waals surface area contributed by atoms with Gasteiger partial charge in [0.15, 0.2) is 0 Å². The minimum absolute atomic E-state index is 0.340. The van der Waals surface area contributed by atoms with Gasteiger partial charge in [-0.3, -0.25) is 24.7 Å². The van der Waals surface area contributed by atoms with Crippen molar-refractivity contribution < 1.29 is 9.59 Å². The van der Waals surface area contributed by atoms with Gasteiger partial charge in [-0.1, -0.05) is 30.3 Å². The van der Waals surface area contributed by atoms with E-state index in [0.717, 1.165) is 13.1 Å². The summed E-state index contributed by atoms with van der Waals surface area (Å²) in [5.41, 5.74) is 2.50. The van der Waals surface area contributed by atoms with E-state index in [4.69, 9.17) is 6.57 Å². The lowest BCUT2D eigenvalue weighted by atomic mass is 9.90. The minimum atomic E-state index is -0.823. The normalized spacial score (nSPS) is 22.5. The van der Waals surface area contributed by atoms with Crippen molar-refractivity contribution in [3.05, 3.63) is 58.5 Å². The second-order valence-electron chi connectivity index (χ2n) is 5.30. The molecule has 2 amide bonds. The maximum Gasteiger partial charge on any atom is 0.322 e. The van der Waals surface area contributed by atoms with Crippen LogP contribution in [0, 0.1) is 6.57 Å². The first-order chi connectivity index (χ1) is 10.2. The van der Waals surface area contributed by atoms with E-state index in [1.807, 2.05) is 18.2 Å². The molecule has 0 spiro atoms. The molecule has 3 rings (SSSR count). The Morgan fingerprint density at radius 1 is 1.29 bits per heavy atom. The molecule has 0 saturated carbocycles. The molecule has 1 atom stereocenters. The van der Waals surface area contributed by atoms with Crippen LogP contribution in [-0.4, -0.2) is 35.8 Å². The Labute approximate surface area is 123 Å². The van der Waals surface area contributed by atoms with E-state index in [0.29, 0.717) is 24.1 Å². The zero-order valence-corrected chi connectivity index (χ0v) is 11.5. The predicted octanol–water partition coefficient (Wildman–Crippen LogP) is 1.13. The molecule has 0 aliphatic carbocycles. The lowest BCUT2D eigenvalue weighted by Gasteiger charge is -2.32. The summed E-state index contributed by atoms with van der Waals surface area (Å²) in [6.45, 7) is 9.18. The lowest BCUT2D eigenvalue weighted by Crippen LogP contribution is -2.49. The molecule has 1 N–H and O–H groups in total. The number of imide groups is 1. The molecular weight excluding hydrogens is 266 g/mol. The van der Waals surface area contributed by atoms with Crippen LogP contribution in [0.1, 0.15) is 12.0 Å². The first-order valence-corrected chi connectivity index (χ1v) is 6.89. The summed E-state index contributed by atoms with van der Waals surface area (Å²) in [6.07, 6.45) is 0.606. The van der Waals surface area contributed by atoms with Gasteiger partial charge in [-0.2, -0.15) is 0 Å². The molecular formula is C16H15N3O2. The standard InChI is InChI=1S/C16H15N3O2/c1-17-14-12-7-8-19(9-11-5-3-2-4-6-11)10-13(12)15(20)18-16(14)21/h2-6,14H,7-10H2,(H,18,20,21). The number of carbonyl (C=O) groups is 2. The Morgan fingerprint density at radius 2 is 2.05 bits per heavy atom. The third kappa shape index (κ3) is 2.58. The van der Waals surface area contributed by atoms with Gasteiger partial charge in [-0.05, 0) is 12.0 Å². The highest BCUT2D eigenvalue weighted by molar-refractivity contribution is 6.11. The summed E-state index contributed by atoms with van der Waals surface area (Å²) < 4.78 is 0. The third-order valence-corrected chi connectivity index (χ3v) is 3.93. The number of nitrogens with zero attached hydrogens (tertiary/aromatic N) is 2. The van der Waals surface area contributed by atoms with Gasteiger partial charge < -0.3 is 0 Å². The maximum atomic E-state index is 12.0. The molecule has 2 aliphatic rings. The third-order valence-electron chi connectivity index (χ3n) is 3.93. The van der Waals surface area contributed by atoms with Crippen molar-refractivity contribution in [2.75, 3.05) is 13.1 Å². The topological polar surface area (TPSA) is 53.8 Å². The molecule has 0 radical (unpaired) electrons. The molecule has 21 heavy (non-hydrogen) atoms. The van der Waals surface area contributed by atoms with Gasteiger partial charge in [-0.25, -0.2) is 6.57 Å². The number of nitrogens with one attached hydrogen (secondary N) is 1. The largest absolute Gasteiger partial charge is 0.322 e. The molecule has 0 bridgehead atoms. The zero-order chi connectivity index (χ0) is 14.8. The van der Waals surface area contributed by atoms with E-state index in [-0.39, 0.29) is 5.91 Å². The summed E-state index contributed by atoms with van der Waals surface area (Å²) in [5, 5.41) is 2.29. The fraction of sp³-hybridized carbons (Fsp3) is 0.312. The zero-order valence-electron chi connectivity index (χ0n) is 11.5. The highest BCUT2D eigenvalue weighted by Gasteiger charge is 2.41. The van der Waals surface area contributed by atoms with E-state index >= 15 is 0 Å². The van der Waals surface area contributed by atoms with Crippen LogP contribution in [0.4, 0.5) is 0 Å². The Kier molecular flexibility index (Phi) is 3.55. The number of carbonyl (C=O) groups excluding carboxylic acids is 2. The Balaban J connectivity index is 1.81. The van der Waals surface area contributed by atoms with Crippen molar-refractivity contribution in [2.24, 2.45) is 0 Å². The van der Waals surface area contributed by atoms with Crippen LogP contribution in [0.5, 0.6) is 0 Å². The number of hydrogen-bond acceptors (Lipinski definition) is 3. The van der Waals surface area contributed by atoms with Crippen molar-refractivity contribution in [1.82, 2.24) is 10.2 Å². The van der Waals surface area contributed by atoms with Gasteiger partial charge in [0.25, 0.3) is 5.91 Å². The van der Waals surface area contributed by atoms with Gasteiger partial charge >= 0.3 is 11.9 Å². The fourth-order valence-electron chi connectivity index (χ4n) is 2.88. The molecule has 0 aromatic heterocycles. The van der Waals surface area contributed by atoms with Crippen LogP contribution in [0.15, 0.2) is 41.5 Å². The molecule has 1 aromatic rings. The van der Waals surface area contributed by atoms with E-state index in [1.165, 1.54) is 5.56 Å².